The highest BCUT2D eigenvalue weighted by Gasteiger charge is 2.25. The standard InChI is InChI=1S/C9H16F3N3.HI/c10-9(11,12)5-1-2-6-14-8(13)15-7-3-4-7;/h7H,1-6H2,(H3,13,14,15);1H. The molecule has 1 saturated carbocycles. The molecule has 0 spiro atoms. The summed E-state index contributed by atoms with van der Waals surface area (Å²) in [6.45, 7) is 0.363. The normalized spacial score (nSPS) is 16.8. The lowest BCUT2D eigenvalue weighted by Gasteiger charge is -2.05. The van der Waals surface area contributed by atoms with Gasteiger partial charge < -0.3 is 11.1 Å². The number of rotatable bonds is 5. The zero-order valence-corrected chi connectivity index (χ0v) is 11.2. The molecule has 3 nitrogen and oxygen atoms in total. The van der Waals surface area contributed by atoms with Crippen LogP contribution in [-0.2, 0) is 0 Å². The SMILES string of the molecule is I.NC(=NCCCCC(F)(F)F)NC1CC1. The van der Waals surface area contributed by atoms with E-state index in [1.54, 1.807) is 0 Å². The highest BCUT2D eigenvalue weighted by Crippen LogP contribution is 2.22. The first kappa shape index (κ1) is 15.8. The van der Waals surface area contributed by atoms with Crippen molar-refractivity contribution in [2.75, 3.05) is 6.54 Å². The van der Waals surface area contributed by atoms with Crippen LogP contribution in [0.15, 0.2) is 4.99 Å². The van der Waals surface area contributed by atoms with Crippen LogP contribution in [0.5, 0.6) is 0 Å². The maximum atomic E-state index is 11.7. The van der Waals surface area contributed by atoms with E-state index in [-0.39, 0.29) is 30.4 Å². The second-order valence-electron chi connectivity index (χ2n) is 3.76. The van der Waals surface area contributed by atoms with Gasteiger partial charge in [-0.05, 0) is 25.7 Å². The molecule has 1 aliphatic carbocycles. The minimum atomic E-state index is -4.05. The van der Waals surface area contributed by atoms with Gasteiger partial charge in [-0.1, -0.05) is 0 Å². The van der Waals surface area contributed by atoms with Gasteiger partial charge in [-0.3, -0.25) is 4.99 Å². The van der Waals surface area contributed by atoms with Crippen molar-refractivity contribution in [3.63, 3.8) is 0 Å². The van der Waals surface area contributed by atoms with Gasteiger partial charge in [0.2, 0.25) is 0 Å². The van der Waals surface area contributed by atoms with Crippen molar-refractivity contribution in [2.24, 2.45) is 10.7 Å². The van der Waals surface area contributed by atoms with Crippen molar-refractivity contribution < 1.29 is 13.2 Å². The minimum Gasteiger partial charge on any atom is -0.370 e. The Balaban J connectivity index is 0.00000225. The van der Waals surface area contributed by atoms with Gasteiger partial charge >= 0.3 is 6.18 Å². The number of unbranched alkanes of at least 4 members (excludes halogenated alkanes) is 1. The molecular formula is C9H17F3IN3. The number of guanidine groups is 1. The molecule has 0 aromatic rings. The Morgan fingerprint density at radius 2 is 1.94 bits per heavy atom. The molecule has 1 rings (SSSR count). The lowest BCUT2D eigenvalue weighted by molar-refractivity contribution is -0.135. The minimum absolute atomic E-state index is 0. The highest BCUT2D eigenvalue weighted by molar-refractivity contribution is 14.0. The highest BCUT2D eigenvalue weighted by atomic mass is 127. The van der Waals surface area contributed by atoms with Gasteiger partial charge in [0, 0.05) is 19.0 Å². The number of halogens is 4. The van der Waals surface area contributed by atoms with Crippen LogP contribution in [-0.4, -0.2) is 24.7 Å². The third-order valence-electron chi connectivity index (χ3n) is 2.08. The lowest BCUT2D eigenvalue weighted by atomic mass is 10.2. The Morgan fingerprint density at radius 1 is 1.31 bits per heavy atom. The summed E-state index contributed by atoms with van der Waals surface area (Å²) in [6.07, 6.45) is -2.05. The molecule has 0 unspecified atom stereocenters. The van der Waals surface area contributed by atoms with Crippen LogP contribution < -0.4 is 11.1 Å². The average Bonchev–Trinajstić information content (AvgIpc) is 2.85. The van der Waals surface area contributed by atoms with E-state index in [0.717, 1.165) is 12.8 Å². The van der Waals surface area contributed by atoms with Crippen LogP contribution in [0.4, 0.5) is 13.2 Å². The summed E-state index contributed by atoms with van der Waals surface area (Å²) >= 11 is 0. The molecule has 16 heavy (non-hydrogen) atoms. The Labute approximate surface area is 110 Å². The Bertz CT molecular complexity index is 227. The van der Waals surface area contributed by atoms with Crippen LogP contribution in [0.2, 0.25) is 0 Å². The zero-order chi connectivity index (χ0) is 11.3. The fourth-order valence-corrected chi connectivity index (χ4v) is 1.12. The third kappa shape index (κ3) is 9.05. The maximum absolute atomic E-state index is 11.7. The second kappa shape index (κ2) is 7.18. The Morgan fingerprint density at radius 3 is 2.44 bits per heavy atom. The number of nitrogens with zero attached hydrogens (tertiary/aromatic N) is 1. The largest absolute Gasteiger partial charge is 0.389 e. The molecule has 0 radical (unpaired) electrons. The van der Waals surface area contributed by atoms with Crippen LogP contribution in [0.1, 0.15) is 32.1 Å². The summed E-state index contributed by atoms with van der Waals surface area (Å²) in [4.78, 5) is 3.94. The Kier molecular flexibility index (Phi) is 7.09. The molecule has 0 bridgehead atoms. The molecule has 0 amide bonds. The first-order chi connectivity index (χ1) is 6.97. The van der Waals surface area contributed by atoms with Gasteiger partial charge in [0.05, 0.1) is 0 Å². The molecule has 0 aliphatic heterocycles. The number of hydrogen-bond acceptors (Lipinski definition) is 1. The quantitative estimate of drug-likeness (QED) is 0.346. The van der Waals surface area contributed by atoms with Gasteiger partial charge in [0.1, 0.15) is 0 Å². The van der Waals surface area contributed by atoms with Crippen molar-refractivity contribution in [1.29, 1.82) is 0 Å². The summed E-state index contributed by atoms with van der Waals surface area (Å²) in [5.74, 6) is 0.351. The van der Waals surface area contributed by atoms with Crippen molar-refractivity contribution in [1.82, 2.24) is 5.32 Å². The summed E-state index contributed by atoms with van der Waals surface area (Å²) in [5.41, 5.74) is 5.50. The first-order valence-electron chi connectivity index (χ1n) is 5.10. The molecule has 0 heterocycles. The average molecular weight is 351 g/mol. The van der Waals surface area contributed by atoms with Gasteiger partial charge in [-0.2, -0.15) is 13.2 Å². The number of nitrogens with one attached hydrogen (secondary N) is 1. The van der Waals surface area contributed by atoms with E-state index < -0.39 is 12.6 Å². The maximum Gasteiger partial charge on any atom is 0.389 e. The number of alkyl halides is 3. The molecule has 1 aliphatic rings. The Hall–Kier alpha value is -0.210. The summed E-state index contributed by atoms with van der Waals surface area (Å²) in [7, 11) is 0. The van der Waals surface area contributed by atoms with Crippen molar-refractivity contribution >= 4 is 29.9 Å². The molecule has 96 valence electrons. The lowest BCUT2D eigenvalue weighted by Crippen LogP contribution is -2.33. The molecule has 3 N–H and O–H groups in total. The summed E-state index contributed by atoms with van der Waals surface area (Å²) in [5, 5.41) is 2.97. The molecule has 0 aromatic heterocycles. The predicted molar refractivity (Wildman–Crippen MR) is 68.0 cm³/mol. The molecule has 0 aromatic carbocycles. The van der Waals surface area contributed by atoms with Gasteiger partial charge in [-0.15, -0.1) is 24.0 Å². The van der Waals surface area contributed by atoms with E-state index in [1.165, 1.54) is 0 Å². The van der Waals surface area contributed by atoms with E-state index in [2.05, 4.69) is 10.3 Å². The van der Waals surface area contributed by atoms with Crippen LogP contribution >= 0.6 is 24.0 Å². The van der Waals surface area contributed by atoms with E-state index in [1.807, 2.05) is 0 Å². The predicted octanol–water partition coefficient (Wildman–Crippen LogP) is 2.40. The molecule has 7 heteroatoms. The second-order valence-corrected chi connectivity index (χ2v) is 3.76. The van der Waals surface area contributed by atoms with E-state index in [9.17, 15) is 13.2 Å². The number of aliphatic imine (C=N–C) groups is 1. The van der Waals surface area contributed by atoms with Gasteiger partial charge in [0.25, 0.3) is 0 Å². The van der Waals surface area contributed by atoms with Crippen molar-refractivity contribution in [3.8, 4) is 0 Å². The zero-order valence-electron chi connectivity index (χ0n) is 8.89. The fourth-order valence-electron chi connectivity index (χ4n) is 1.12. The van der Waals surface area contributed by atoms with Crippen molar-refractivity contribution in [2.45, 2.75) is 44.3 Å². The summed E-state index contributed by atoms with van der Waals surface area (Å²) < 4.78 is 35.2. The molecule has 1 fully saturated rings. The van der Waals surface area contributed by atoms with Crippen LogP contribution in [0.3, 0.4) is 0 Å². The fraction of sp³-hybridized carbons (Fsp3) is 0.889. The topological polar surface area (TPSA) is 50.4 Å². The molecule has 0 atom stereocenters. The van der Waals surface area contributed by atoms with E-state index >= 15 is 0 Å². The van der Waals surface area contributed by atoms with Gasteiger partial charge in [0.15, 0.2) is 5.96 Å². The molecular weight excluding hydrogens is 334 g/mol. The molecule has 0 saturated heterocycles. The smallest absolute Gasteiger partial charge is 0.370 e. The van der Waals surface area contributed by atoms with Crippen LogP contribution in [0, 0.1) is 0 Å². The first-order valence-corrected chi connectivity index (χ1v) is 5.10. The van der Waals surface area contributed by atoms with Gasteiger partial charge in [-0.25, -0.2) is 0 Å². The van der Waals surface area contributed by atoms with Crippen molar-refractivity contribution in [3.05, 3.63) is 0 Å². The van der Waals surface area contributed by atoms with E-state index in [0.29, 0.717) is 25.0 Å². The third-order valence-corrected chi connectivity index (χ3v) is 2.08. The summed E-state index contributed by atoms with van der Waals surface area (Å²) in [6, 6.07) is 0.434. The van der Waals surface area contributed by atoms with Crippen LogP contribution in [0.25, 0.3) is 0 Å². The number of hydrogen-bond donors (Lipinski definition) is 2. The number of nitrogens with two attached hydrogens (primary N) is 1. The van der Waals surface area contributed by atoms with E-state index in [4.69, 9.17) is 5.73 Å². The monoisotopic (exact) mass is 351 g/mol.